The van der Waals surface area contributed by atoms with Gasteiger partial charge in [0.25, 0.3) is 5.91 Å². The molecule has 0 heterocycles. The molecule has 0 radical (unpaired) electrons. The summed E-state index contributed by atoms with van der Waals surface area (Å²) in [5.41, 5.74) is 0.373. The van der Waals surface area contributed by atoms with Gasteiger partial charge < -0.3 is 10.6 Å². The molecule has 2 amide bonds. The van der Waals surface area contributed by atoms with E-state index in [2.05, 4.69) is 10.6 Å². The molecule has 1 atom stereocenters. The predicted molar refractivity (Wildman–Crippen MR) is 104 cm³/mol. The third kappa shape index (κ3) is 6.21. The molecule has 8 heteroatoms. The number of carbonyl (C=O) groups excluding carboxylic acids is 2. The third-order valence-corrected chi connectivity index (χ3v) is 6.30. The third-order valence-electron chi connectivity index (χ3n) is 5.07. The Kier molecular flexibility index (Phi) is 6.11. The molecule has 2 aliphatic rings. The van der Waals surface area contributed by atoms with Crippen molar-refractivity contribution in [1.29, 1.82) is 0 Å². The standard InChI is InChI=1S/C19H25ClN2O4S/c1-27(25,26)11-10-16(21-18(23)14-6-8-15(20)9-7-14)19(24)22-17(12-2-3-12)13-4-5-13/h6-9,12-13,16-17H,2-5,10-11H2,1H3,(H,21,23)(H,22,24). The molecule has 27 heavy (non-hydrogen) atoms. The van der Waals surface area contributed by atoms with Crippen molar-refractivity contribution in [2.24, 2.45) is 11.8 Å². The largest absolute Gasteiger partial charge is 0.351 e. The highest BCUT2D eigenvalue weighted by atomic mass is 35.5. The maximum atomic E-state index is 12.8. The van der Waals surface area contributed by atoms with Gasteiger partial charge in [0.05, 0.1) is 5.75 Å². The van der Waals surface area contributed by atoms with Crippen molar-refractivity contribution in [1.82, 2.24) is 10.6 Å². The van der Waals surface area contributed by atoms with Crippen molar-refractivity contribution in [2.45, 2.75) is 44.2 Å². The van der Waals surface area contributed by atoms with Gasteiger partial charge in [-0.05, 0) is 68.2 Å². The van der Waals surface area contributed by atoms with Gasteiger partial charge in [-0.1, -0.05) is 11.6 Å². The summed E-state index contributed by atoms with van der Waals surface area (Å²) in [6, 6.07) is 5.59. The zero-order chi connectivity index (χ0) is 19.6. The van der Waals surface area contributed by atoms with Crippen molar-refractivity contribution in [3.63, 3.8) is 0 Å². The molecular formula is C19H25ClN2O4S. The molecule has 2 N–H and O–H groups in total. The number of sulfone groups is 1. The number of benzene rings is 1. The maximum absolute atomic E-state index is 12.8. The lowest BCUT2D eigenvalue weighted by atomic mass is 10.1. The van der Waals surface area contributed by atoms with Crippen LogP contribution in [0.5, 0.6) is 0 Å². The van der Waals surface area contributed by atoms with Gasteiger partial charge in [0.15, 0.2) is 0 Å². The molecule has 0 spiro atoms. The molecule has 1 unspecified atom stereocenters. The molecule has 0 aromatic heterocycles. The van der Waals surface area contributed by atoms with Crippen molar-refractivity contribution >= 4 is 33.3 Å². The number of carbonyl (C=O) groups is 2. The van der Waals surface area contributed by atoms with Gasteiger partial charge >= 0.3 is 0 Å². The van der Waals surface area contributed by atoms with Crippen molar-refractivity contribution in [3.05, 3.63) is 34.9 Å². The minimum Gasteiger partial charge on any atom is -0.351 e. The lowest BCUT2D eigenvalue weighted by Crippen LogP contribution is -2.51. The summed E-state index contributed by atoms with van der Waals surface area (Å²) in [5, 5.41) is 6.27. The molecular weight excluding hydrogens is 388 g/mol. The van der Waals surface area contributed by atoms with Crippen LogP contribution in [0.15, 0.2) is 24.3 Å². The van der Waals surface area contributed by atoms with Gasteiger partial charge in [-0.25, -0.2) is 8.42 Å². The molecule has 2 aliphatic carbocycles. The van der Waals surface area contributed by atoms with E-state index in [4.69, 9.17) is 11.6 Å². The van der Waals surface area contributed by atoms with Gasteiger partial charge in [0.2, 0.25) is 5.91 Å². The highest BCUT2D eigenvalue weighted by Gasteiger charge is 2.43. The van der Waals surface area contributed by atoms with Gasteiger partial charge in [-0.2, -0.15) is 0 Å². The smallest absolute Gasteiger partial charge is 0.251 e. The van der Waals surface area contributed by atoms with E-state index in [1.165, 1.54) is 0 Å². The molecule has 2 fully saturated rings. The Morgan fingerprint density at radius 1 is 1.07 bits per heavy atom. The molecule has 6 nitrogen and oxygen atoms in total. The summed E-state index contributed by atoms with van der Waals surface area (Å²) in [5.74, 6) is 0.149. The fourth-order valence-electron chi connectivity index (χ4n) is 3.24. The van der Waals surface area contributed by atoms with Gasteiger partial charge in [-0.3, -0.25) is 9.59 Å². The van der Waals surface area contributed by atoms with Crippen LogP contribution >= 0.6 is 11.6 Å². The number of hydrogen-bond donors (Lipinski definition) is 2. The molecule has 148 valence electrons. The van der Waals surface area contributed by atoms with Gasteiger partial charge in [-0.15, -0.1) is 0 Å². The second-order valence-electron chi connectivity index (χ2n) is 7.66. The Bertz CT molecular complexity index is 790. The van der Waals surface area contributed by atoms with Crippen LogP contribution in [0.3, 0.4) is 0 Å². The van der Waals surface area contributed by atoms with Crippen LogP contribution in [-0.4, -0.2) is 44.3 Å². The topological polar surface area (TPSA) is 92.3 Å². The van der Waals surface area contributed by atoms with E-state index >= 15 is 0 Å². The van der Waals surface area contributed by atoms with Crippen LogP contribution in [0.1, 0.15) is 42.5 Å². The SMILES string of the molecule is CS(=O)(=O)CCC(NC(=O)c1ccc(Cl)cc1)C(=O)NC(C1CC1)C1CC1. The Hall–Kier alpha value is -1.60. The highest BCUT2D eigenvalue weighted by Crippen LogP contribution is 2.44. The van der Waals surface area contributed by atoms with Crippen LogP contribution in [0.4, 0.5) is 0 Å². The average molecular weight is 413 g/mol. The lowest BCUT2D eigenvalue weighted by molar-refractivity contribution is -0.124. The molecule has 1 aromatic rings. The normalized spacial score (nSPS) is 18.2. The Balaban J connectivity index is 1.67. The van der Waals surface area contributed by atoms with E-state index in [1.807, 2.05) is 0 Å². The Morgan fingerprint density at radius 2 is 1.63 bits per heavy atom. The molecule has 3 rings (SSSR count). The number of hydrogen-bond acceptors (Lipinski definition) is 4. The number of amides is 2. The van der Waals surface area contributed by atoms with E-state index in [-0.39, 0.29) is 24.1 Å². The fraction of sp³-hybridized carbons (Fsp3) is 0.579. The second kappa shape index (κ2) is 8.19. The first kappa shape index (κ1) is 20.1. The molecule has 0 aliphatic heterocycles. The van der Waals surface area contributed by atoms with Crippen LogP contribution in [0.2, 0.25) is 5.02 Å². The van der Waals surface area contributed by atoms with Gasteiger partial charge in [0.1, 0.15) is 15.9 Å². The predicted octanol–water partition coefficient (Wildman–Crippen LogP) is 2.18. The summed E-state index contributed by atoms with van der Waals surface area (Å²) < 4.78 is 23.1. The first-order valence-electron chi connectivity index (χ1n) is 9.27. The van der Waals surface area contributed by atoms with Crippen LogP contribution in [-0.2, 0) is 14.6 Å². The zero-order valence-corrected chi connectivity index (χ0v) is 16.9. The maximum Gasteiger partial charge on any atom is 0.251 e. The second-order valence-corrected chi connectivity index (χ2v) is 10.4. The first-order valence-corrected chi connectivity index (χ1v) is 11.7. The summed E-state index contributed by atoms with van der Waals surface area (Å²) in [7, 11) is -3.24. The summed E-state index contributed by atoms with van der Waals surface area (Å²) >= 11 is 5.84. The van der Waals surface area contributed by atoms with E-state index < -0.39 is 21.8 Å². The summed E-state index contributed by atoms with van der Waals surface area (Å²) in [4.78, 5) is 25.3. The number of nitrogens with one attached hydrogen (secondary N) is 2. The van der Waals surface area contributed by atoms with E-state index in [0.29, 0.717) is 22.4 Å². The van der Waals surface area contributed by atoms with Crippen LogP contribution in [0.25, 0.3) is 0 Å². The molecule has 1 aromatic carbocycles. The Morgan fingerprint density at radius 3 is 2.11 bits per heavy atom. The highest BCUT2D eigenvalue weighted by molar-refractivity contribution is 7.90. The van der Waals surface area contributed by atoms with Crippen molar-refractivity contribution < 1.29 is 18.0 Å². The quantitative estimate of drug-likeness (QED) is 0.650. The van der Waals surface area contributed by atoms with Crippen LogP contribution < -0.4 is 10.6 Å². The van der Waals surface area contributed by atoms with E-state index in [9.17, 15) is 18.0 Å². The van der Waals surface area contributed by atoms with Crippen molar-refractivity contribution in [2.75, 3.05) is 12.0 Å². The summed E-state index contributed by atoms with van der Waals surface area (Å²) in [6.45, 7) is 0. The number of halogens is 1. The van der Waals surface area contributed by atoms with E-state index in [0.717, 1.165) is 31.9 Å². The molecule has 0 saturated heterocycles. The summed E-state index contributed by atoms with van der Waals surface area (Å²) in [6.07, 6.45) is 5.64. The zero-order valence-electron chi connectivity index (χ0n) is 15.3. The Labute approximate surface area is 165 Å². The van der Waals surface area contributed by atoms with Crippen molar-refractivity contribution in [3.8, 4) is 0 Å². The monoisotopic (exact) mass is 412 g/mol. The number of rotatable bonds is 9. The molecule has 0 bridgehead atoms. The van der Waals surface area contributed by atoms with E-state index in [1.54, 1.807) is 24.3 Å². The van der Waals surface area contributed by atoms with Gasteiger partial charge in [0, 0.05) is 22.9 Å². The van der Waals surface area contributed by atoms with Crippen LogP contribution in [0, 0.1) is 11.8 Å². The minimum atomic E-state index is -3.24. The fourth-order valence-corrected chi connectivity index (χ4v) is 4.03. The first-order chi connectivity index (χ1) is 12.7. The molecule has 2 saturated carbocycles. The minimum absolute atomic E-state index is 0.0477. The lowest BCUT2D eigenvalue weighted by Gasteiger charge is -2.23. The average Bonchev–Trinajstić information content (AvgIpc) is 3.48.